The van der Waals surface area contributed by atoms with Gasteiger partial charge >= 0.3 is 0 Å². The van der Waals surface area contributed by atoms with Crippen LogP contribution in [0.1, 0.15) is 24.3 Å². The molecule has 0 saturated carbocycles. The van der Waals surface area contributed by atoms with Crippen LogP contribution in [0.3, 0.4) is 0 Å². The summed E-state index contributed by atoms with van der Waals surface area (Å²) in [4.78, 5) is 16.5. The maximum atomic E-state index is 15.9. The Balaban J connectivity index is 1.88. The smallest absolute Gasteiger partial charge is 0.273 e. The molecule has 0 aliphatic rings. The second-order valence-electron chi connectivity index (χ2n) is 8.63. The number of H-pyrrole nitrogens is 1. The number of amides is 1. The zero-order chi connectivity index (χ0) is 28.6. The number of anilines is 2. The molecule has 14 heteroatoms. The fourth-order valence-corrected chi connectivity index (χ4v) is 4.58. The van der Waals surface area contributed by atoms with E-state index in [9.17, 15) is 17.6 Å². The summed E-state index contributed by atoms with van der Waals surface area (Å²) in [5.41, 5.74) is -3.86. The number of pyridine rings is 1. The molecule has 0 saturated heterocycles. The molecule has 2 N–H and O–H groups in total. The minimum absolute atomic E-state index is 0.0107. The highest BCUT2D eigenvalue weighted by Crippen LogP contribution is 2.40. The molecule has 0 atom stereocenters. The number of thiol groups is 1. The van der Waals surface area contributed by atoms with Gasteiger partial charge in [0.1, 0.15) is 17.0 Å². The van der Waals surface area contributed by atoms with Gasteiger partial charge in [-0.3, -0.25) is 9.89 Å². The fraction of sp³-hybridized carbons (Fsp3) is 0.160. The second kappa shape index (κ2) is 10.5. The highest BCUT2D eigenvalue weighted by atomic mass is 35.5. The third-order valence-electron chi connectivity index (χ3n) is 5.63. The van der Waals surface area contributed by atoms with E-state index in [-0.39, 0.29) is 33.2 Å². The predicted molar refractivity (Wildman–Crippen MR) is 140 cm³/mol. The van der Waals surface area contributed by atoms with Crippen molar-refractivity contribution < 1.29 is 31.1 Å². The summed E-state index contributed by atoms with van der Waals surface area (Å²) in [5.74, 6) is -2.24. The molecule has 0 bridgehead atoms. The van der Waals surface area contributed by atoms with Crippen molar-refractivity contribution in [2.24, 2.45) is 0 Å². The van der Waals surface area contributed by atoms with Crippen LogP contribution in [0.5, 0.6) is 5.88 Å². The lowest BCUT2D eigenvalue weighted by Crippen LogP contribution is -2.42. The number of ether oxygens (including phenoxy) is 1. The summed E-state index contributed by atoms with van der Waals surface area (Å²) in [5, 5.41) is 8.79. The zero-order valence-corrected chi connectivity index (χ0v) is 22.1. The number of nitrogens with zero attached hydrogens (tertiary/aromatic N) is 3. The number of terminal acetylenes is 1. The summed E-state index contributed by atoms with van der Waals surface area (Å²) >= 11 is 5.95. The Morgan fingerprint density at radius 1 is 1.18 bits per heavy atom. The normalized spacial score (nSPS) is 11.5. The number of carbonyl (C=O) groups is 1. The van der Waals surface area contributed by atoms with Gasteiger partial charge in [0.2, 0.25) is 16.8 Å². The zero-order valence-electron chi connectivity index (χ0n) is 20.5. The van der Waals surface area contributed by atoms with E-state index in [0.717, 1.165) is 24.3 Å². The molecule has 1 amide bonds. The lowest BCUT2D eigenvalue weighted by Gasteiger charge is -2.21. The van der Waals surface area contributed by atoms with Crippen molar-refractivity contribution in [2.75, 3.05) is 11.4 Å². The third kappa shape index (κ3) is 5.08. The molecule has 0 spiro atoms. The van der Waals surface area contributed by atoms with Crippen molar-refractivity contribution in [2.45, 2.75) is 19.4 Å². The number of benzene rings is 2. The van der Waals surface area contributed by atoms with E-state index in [1.54, 1.807) is 13.8 Å². The van der Waals surface area contributed by atoms with Gasteiger partial charge in [-0.1, -0.05) is 23.6 Å². The Hall–Kier alpha value is -4.28. The Kier molecular flexibility index (Phi) is 7.45. The van der Waals surface area contributed by atoms with E-state index < -0.39 is 56.6 Å². The lowest BCUT2D eigenvalue weighted by molar-refractivity contribution is 0.0926. The molecule has 39 heavy (non-hydrogen) atoms. The molecule has 0 aliphatic heterocycles. The third-order valence-corrected chi connectivity index (χ3v) is 6.59. The number of fused-ring (bicyclic) bond motifs is 1. The molecule has 4 aromatic rings. The monoisotopic (exact) mass is 577 g/mol. The van der Waals surface area contributed by atoms with Gasteiger partial charge in [-0.05, 0) is 38.1 Å². The SMILES string of the molecule is C#CC(C)(C)NC(=O)c1n[nH]c2c(F)c(-c3c(F)ccc(N(c4cc(Cl)cnc4OC)[SH](=O)=O)c3F)ccc12. The number of rotatable bonds is 7. The van der Waals surface area contributed by atoms with Gasteiger partial charge in [0.05, 0.1) is 28.9 Å². The van der Waals surface area contributed by atoms with E-state index >= 15 is 8.78 Å². The van der Waals surface area contributed by atoms with E-state index in [1.165, 1.54) is 19.4 Å². The molecule has 0 fully saturated rings. The van der Waals surface area contributed by atoms with Gasteiger partial charge in [-0.25, -0.2) is 30.9 Å². The largest absolute Gasteiger partial charge is 0.479 e. The minimum atomic E-state index is -3.59. The van der Waals surface area contributed by atoms with Crippen LogP contribution in [0.4, 0.5) is 24.5 Å². The molecule has 9 nitrogen and oxygen atoms in total. The quantitative estimate of drug-likeness (QED) is 0.220. The molecular weight excluding hydrogens is 559 g/mol. The molecule has 2 aromatic heterocycles. The number of carbonyl (C=O) groups excluding carboxylic acids is 1. The van der Waals surface area contributed by atoms with Crippen LogP contribution < -0.4 is 14.4 Å². The number of hydrogen-bond donors (Lipinski definition) is 3. The molecule has 0 unspecified atom stereocenters. The number of aromatic amines is 1. The van der Waals surface area contributed by atoms with Crippen molar-refractivity contribution >= 4 is 50.7 Å². The van der Waals surface area contributed by atoms with Crippen molar-refractivity contribution in [3.05, 3.63) is 64.7 Å². The number of hydrogen-bond acceptors (Lipinski definition) is 6. The molecule has 2 aromatic carbocycles. The fourth-order valence-electron chi connectivity index (χ4n) is 3.78. The van der Waals surface area contributed by atoms with Crippen molar-refractivity contribution in [3.63, 3.8) is 0 Å². The number of methoxy groups -OCH3 is 1. The lowest BCUT2D eigenvalue weighted by atomic mass is 10.00. The Bertz CT molecular complexity index is 1740. The maximum absolute atomic E-state index is 15.9. The van der Waals surface area contributed by atoms with Crippen LogP contribution in [0.2, 0.25) is 5.02 Å². The average Bonchev–Trinajstić information content (AvgIpc) is 3.32. The molecule has 0 radical (unpaired) electrons. The van der Waals surface area contributed by atoms with Crippen LogP contribution in [-0.2, 0) is 10.9 Å². The molecule has 2 heterocycles. The first-order chi connectivity index (χ1) is 18.4. The maximum Gasteiger partial charge on any atom is 0.273 e. The van der Waals surface area contributed by atoms with Crippen LogP contribution in [-0.4, -0.2) is 42.2 Å². The second-order valence-corrected chi connectivity index (χ2v) is 9.94. The first-order valence-electron chi connectivity index (χ1n) is 11.0. The standard InChI is InChI=1S/C25H19ClF3N5O4S/c1-5-25(2,3)31-23(35)22-14-7-6-13(19(28)21(14)32-33-22)18-15(27)8-9-16(20(18)29)34(39(36)37)17-10-12(26)11-30-24(17)38-4/h1,6-11,39H,2-4H3,(H,31,35)(H,32,33). The van der Waals surface area contributed by atoms with Gasteiger partial charge in [-0.15, -0.1) is 6.42 Å². The number of aromatic nitrogens is 3. The molecule has 202 valence electrons. The Morgan fingerprint density at radius 2 is 1.90 bits per heavy atom. The van der Waals surface area contributed by atoms with E-state index in [0.29, 0.717) is 4.31 Å². The van der Waals surface area contributed by atoms with Crippen LogP contribution in [0.25, 0.3) is 22.0 Å². The predicted octanol–water partition coefficient (Wildman–Crippen LogP) is 4.51. The van der Waals surface area contributed by atoms with Crippen LogP contribution in [0.15, 0.2) is 36.5 Å². The summed E-state index contributed by atoms with van der Waals surface area (Å²) in [6.45, 7) is 3.15. The van der Waals surface area contributed by atoms with Crippen LogP contribution in [0, 0.1) is 29.8 Å². The Labute approximate surface area is 227 Å². The molecule has 4 rings (SSSR count). The summed E-state index contributed by atoms with van der Waals surface area (Å²) < 4.78 is 76.5. The highest BCUT2D eigenvalue weighted by molar-refractivity contribution is 7.74. The van der Waals surface area contributed by atoms with Gasteiger partial charge < -0.3 is 10.1 Å². The molecular formula is C25H19ClF3N5O4S. The van der Waals surface area contributed by atoms with Gasteiger partial charge in [-0.2, -0.15) is 5.10 Å². The number of halogens is 4. The summed E-state index contributed by atoms with van der Waals surface area (Å²) in [6.07, 6.45) is 6.57. The van der Waals surface area contributed by atoms with E-state index in [4.69, 9.17) is 22.8 Å². The van der Waals surface area contributed by atoms with Crippen molar-refractivity contribution in [1.29, 1.82) is 0 Å². The minimum Gasteiger partial charge on any atom is -0.479 e. The van der Waals surface area contributed by atoms with Crippen LogP contribution >= 0.6 is 11.6 Å². The number of nitrogens with one attached hydrogen (secondary N) is 2. The van der Waals surface area contributed by atoms with Gasteiger partial charge in [0.25, 0.3) is 5.91 Å². The summed E-state index contributed by atoms with van der Waals surface area (Å²) in [7, 11) is -2.38. The first-order valence-corrected chi connectivity index (χ1v) is 12.5. The average molecular weight is 578 g/mol. The molecule has 0 aliphatic carbocycles. The van der Waals surface area contributed by atoms with Crippen molar-refractivity contribution in [1.82, 2.24) is 20.5 Å². The van der Waals surface area contributed by atoms with Gasteiger partial charge in [0.15, 0.2) is 17.3 Å². The topological polar surface area (TPSA) is 117 Å². The van der Waals surface area contributed by atoms with Crippen molar-refractivity contribution in [3.8, 4) is 29.4 Å². The van der Waals surface area contributed by atoms with Gasteiger partial charge in [0, 0.05) is 17.1 Å². The first kappa shape index (κ1) is 27.7. The highest BCUT2D eigenvalue weighted by Gasteiger charge is 2.28. The Morgan fingerprint density at radius 3 is 2.54 bits per heavy atom. The summed E-state index contributed by atoms with van der Waals surface area (Å²) in [6, 6.07) is 5.09. The van der Waals surface area contributed by atoms with E-state index in [2.05, 4.69) is 26.4 Å². The van der Waals surface area contributed by atoms with E-state index in [1.807, 2.05) is 0 Å².